The predicted molar refractivity (Wildman–Crippen MR) is 109 cm³/mol. The van der Waals surface area contributed by atoms with Gasteiger partial charge >= 0.3 is 0 Å². The molecule has 0 aliphatic carbocycles. The van der Waals surface area contributed by atoms with Crippen LogP contribution in [0.25, 0.3) is 0 Å². The van der Waals surface area contributed by atoms with Crippen LogP contribution >= 0.6 is 12.2 Å². The second-order valence-corrected chi connectivity index (χ2v) is 7.00. The second-order valence-electron chi connectivity index (χ2n) is 6.61. The van der Waals surface area contributed by atoms with Gasteiger partial charge in [0, 0.05) is 38.4 Å². The van der Waals surface area contributed by atoms with E-state index < -0.39 is 0 Å². The number of nitrogens with one attached hydrogen (secondary N) is 1. The highest BCUT2D eigenvalue weighted by Crippen LogP contribution is 2.32. The first kappa shape index (κ1) is 17.9. The number of rotatable bonds is 4. The molecule has 6 nitrogen and oxygen atoms in total. The molecule has 0 amide bonds. The number of nitrogens with zero attached hydrogens (tertiary/aromatic N) is 2. The number of ether oxygens (including phenoxy) is 3. The number of anilines is 1. The van der Waals surface area contributed by atoms with Crippen molar-refractivity contribution in [1.29, 1.82) is 0 Å². The number of methoxy groups -OCH3 is 1. The van der Waals surface area contributed by atoms with Crippen molar-refractivity contribution in [2.75, 3.05) is 45.4 Å². The molecule has 142 valence electrons. The summed E-state index contributed by atoms with van der Waals surface area (Å²) in [6, 6.07) is 14.0. The van der Waals surface area contributed by atoms with Crippen LogP contribution in [0.3, 0.4) is 0 Å². The van der Waals surface area contributed by atoms with Gasteiger partial charge in [0.15, 0.2) is 16.6 Å². The average molecular weight is 385 g/mol. The van der Waals surface area contributed by atoms with E-state index in [0.717, 1.165) is 60.8 Å². The number of fused-ring (bicyclic) bond motifs is 1. The van der Waals surface area contributed by atoms with Crippen molar-refractivity contribution >= 4 is 23.0 Å². The van der Waals surface area contributed by atoms with Gasteiger partial charge < -0.3 is 24.4 Å². The average Bonchev–Trinajstić information content (AvgIpc) is 3.17. The third kappa shape index (κ3) is 4.26. The molecular weight excluding hydrogens is 362 g/mol. The number of hydrogen-bond acceptors (Lipinski definition) is 5. The monoisotopic (exact) mass is 385 g/mol. The molecule has 2 aliphatic rings. The molecule has 27 heavy (non-hydrogen) atoms. The van der Waals surface area contributed by atoms with Crippen molar-refractivity contribution < 1.29 is 14.2 Å². The van der Waals surface area contributed by atoms with E-state index in [2.05, 4.69) is 27.2 Å². The summed E-state index contributed by atoms with van der Waals surface area (Å²) in [6.07, 6.45) is 0. The molecule has 0 radical (unpaired) electrons. The Kier molecular flexibility index (Phi) is 5.31. The van der Waals surface area contributed by atoms with Gasteiger partial charge in [0.1, 0.15) is 5.75 Å². The summed E-state index contributed by atoms with van der Waals surface area (Å²) in [5, 5.41) is 4.08. The number of benzene rings is 2. The fourth-order valence-electron chi connectivity index (χ4n) is 3.28. The van der Waals surface area contributed by atoms with Gasteiger partial charge in [-0.2, -0.15) is 0 Å². The van der Waals surface area contributed by atoms with Gasteiger partial charge in [-0.05, 0) is 54.2 Å². The lowest BCUT2D eigenvalue weighted by Crippen LogP contribution is -2.49. The molecule has 2 heterocycles. The highest BCUT2D eigenvalue weighted by Gasteiger charge is 2.20. The fraction of sp³-hybridized carbons (Fsp3) is 0.350. The Morgan fingerprint density at radius 1 is 1.04 bits per heavy atom. The van der Waals surface area contributed by atoms with E-state index >= 15 is 0 Å². The van der Waals surface area contributed by atoms with Crippen LogP contribution < -0.4 is 19.5 Å². The second kappa shape index (κ2) is 8.02. The number of hydrogen-bond donors (Lipinski definition) is 1. The van der Waals surface area contributed by atoms with Gasteiger partial charge in [-0.3, -0.25) is 4.90 Å². The zero-order valence-corrected chi connectivity index (χ0v) is 16.1. The summed E-state index contributed by atoms with van der Waals surface area (Å²) in [5.74, 6) is 2.51. The van der Waals surface area contributed by atoms with Crippen molar-refractivity contribution in [2.45, 2.75) is 6.54 Å². The number of piperazine rings is 1. The lowest BCUT2D eigenvalue weighted by molar-refractivity contribution is 0.173. The van der Waals surface area contributed by atoms with Crippen LogP contribution in [0.5, 0.6) is 17.2 Å². The minimum Gasteiger partial charge on any atom is -0.497 e. The van der Waals surface area contributed by atoms with Crippen LogP contribution in [0.15, 0.2) is 42.5 Å². The maximum Gasteiger partial charge on any atom is 0.231 e. The molecule has 0 unspecified atom stereocenters. The predicted octanol–water partition coefficient (Wildman–Crippen LogP) is 2.94. The standard InChI is InChI=1S/C20H23N3O3S/c1-24-17-5-3-16(4-6-17)21-20(27)23-10-8-22(9-11-23)13-15-2-7-18-19(12-15)26-14-25-18/h2-7,12H,8-11,13-14H2,1H3,(H,21,27). The molecule has 2 aromatic carbocycles. The quantitative estimate of drug-likeness (QED) is 0.812. The Hall–Kier alpha value is -2.51. The summed E-state index contributed by atoms with van der Waals surface area (Å²) in [7, 11) is 1.66. The lowest BCUT2D eigenvalue weighted by Gasteiger charge is -2.36. The van der Waals surface area contributed by atoms with E-state index in [-0.39, 0.29) is 0 Å². The van der Waals surface area contributed by atoms with Crippen LogP contribution in [-0.2, 0) is 6.54 Å². The van der Waals surface area contributed by atoms with Crippen LogP contribution in [0.4, 0.5) is 5.69 Å². The van der Waals surface area contributed by atoms with Crippen LogP contribution in [0, 0.1) is 0 Å². The smallest absolute Gasteiger partial charge is 0.231 e. The zero-order chi connectivity index (χ0) is 18.6. The molecule has 2 aliphatic heterocycles. The van der Waals surface area contributed by atoms with Crippen LogP contribution in [0.2, 0.25) is 0 Å². The first-order valence-electron chi connectivity index (χ1n) is 9.02. The molecule has 1 fully saturated rings. The Bertz CT molecular complexity index is 805. The highest BCUT2D eigenvalue weighted by molar-refractivity contribution is 7.80. The van der Waals surface area contributed by atoms with Gasteiger partial charge in [-0.25, -0.2) is 0 Å². The minimum atomic E-state index is 0.316. The molecule has 2 aromatic rings. The summed E-state index contributed by atoms with van der Waals surface area (Å²) < 4.78 is 16.0. The lowest BCUT2D eigenvalue weighted by atomic mass is 10.1. The molecule has 0 atom stereocenters. The summed E-state index contributed by atoms with van der Waals surface area (Å²) in [6.45, 7) is 4.98. The zero-order valence-electron chi connectivity index (χ0n) is 15.3. The topological polar surface area (TPSA) is 46.2 Å². The molecular formula is C20H23N3O3S. The van der Waals surface area contributed by atoms with Gasteiger partial charge in [0.05, 0.1) is 7.11 Å². The molecule has 1 N–H and O–H groups in total. The maximum atomic E-state index is 5.57. The summed E-state index contributed by atoms with van der Waals surface area (Å²) >= 11 is 5.57. The van der Waals surface area contributed by atoms with E-state index in [9.17, 15) is 0 Å². The molecule has 0 spiro atoms. The molecule has 4 rings (SSSR count). The van der Waals surface area contributed by atoms with Crippen molar-refractivity contribution in [3.05, 3.63) is 48.0 Å². The fourth-order valence-corrected chi connectivity index (χ4v) is 3.58. The normalized spacial score (nSPS) is 16.3. The van der Waals surface area contributed by atoms with E-state index in [1.807, 2.05) is 30.3 Å². The molecule has 1 saturated heterocycles. The van der Waals surface area contributed by atoms with E-state index in [1.54, 1.807) is 7.11 Å². The Labute approximate surface area is 164 Å². The third-order valence-electron chi connectivity index (χ3n) is 4.84. The SMILES string of the molecule is COc1ccc(NC(=S)N2CCN(Cc3ccc4c(c3)OCO4)CC2)cc1. The van der Waals surface area contributed by atoms with Gasteiger partial charge in [0.25, 0.3) is 0 Å². The summed E-state index contributed by atoms with van der Waals surface area (Å²) in [4.78, 5) is 4.65. The highest BCUT2D eigenvalue weighted by atomic mass is 32.1. The van der Waals surface area contributed by atoms with Gasteiger partial charge in [-0.15, -0.1) is 0 Å². The first-order chi connectivity index (χ1) is 13.2. The first-order valence-corrected chi connectivity index (χ1v) is 9.43. The van der Waals surface area contributed by atoms with Crippen molar-refractivity contribution in [3.8, 4) is 17.2 Å². The Balaban J connectivity index is 1.27. The molecule has 7 heteroatoms. The van der Waals surface area contributed by atoms with Gasteiger partial charge in [0.2, 0.25) is 6.79 Å². The van der Waals surface area contributed by atoms with Crippen molar-refractivity contribution in [3.63, 3.8) is 0 Å². The van der Waals surface area contributed by atoms with E-state index in [4.69, 9.17) is 26.4 Å². The summed E-state index contributed by atoms with van der Waals surface area (Å²) in [5.41, 5.74) is 2.22. The van der Waals surface area contributed by atoms with Crippen molar-refractivity contribution in [1.82, 2.24) is 9.80 Å². The Morgan fingerprint density at radius 3 is 2.52 bits per heavy atom. The molecule has 0 saturated carbocycles. The molecule has 0 aromatic heterocycles. The van der Waals surface area contributed by atoms with Crippen LogP contribution in [-0.4, -0.2) is 55.0 Å². The largest absolute Gasteiger partial charge is 0.497 e. The Morgan fingerprint density at radius 2 is 1.78 bits per heavy atom. The number of thiocarbonyl (C=S) groups is 1. The van der Waals surface area contributed by atoms with E-state index in [0.29, 0.717) is 6.79 Å². The van der Waals surface area contributed by atoms with Crippen molar-refractivity contribution in [2.24, 2.45) is 0 Å². The molecule has 0 bridgehead atoms. The van der Waals surface area contributed by atoms with E-state index in [1.165, 1.54) is 5.56 Å². The van der Waals surface area contributed by atoms with Crippen LogP contribution in [0.1, 0.15) is 5.56 Å². The third-order valence-corrected chi connectivity index (χ3v) is 5.20. The maximum absolute atomic E-state index is 5.57. The van der Waals surface area contributed by atoms with Gasteiger partial charge in [-0.1, -0.05) is 6.07 Å². The minimum absolute atomic E-state index is 0.316.